The van der Waals surface area contributed by atoms with Gasteiger partial charge in [-0.3, -0.25) is 4.68 Å². The predicted molar refractivity (Wildman–Crippen MR) is 95.5 cm³/mol. The predicted octanol–water partition coefficient (Wildman–Crippen LogP) is 2.68. The third-order valence-electron chi connectivity index (χ3n) is 5.38. The maximum atomic E-state index is 13.9. The number of amides is 2. The summed E-state index contributed by atoms with van der Waals surface area (Å²) in [7, 11) is 1.85. The molecule has 1 saturated heterocycles. The lowest BCUT2D eigenvalue weighted by molar-refractivity contribution is 0.206. The Bertz CT molecular complexity index is 818. The van der Waals surface area contributed by atoms with Crippen molar-refractivity contribution >= 4 is 11.7 Å². The third kappa shape index (κ3) is 3.31. The first kappa shape index (κ1) is 17.0. The molecule has 2 aliphatic rings. The monoisotopic (exact) mass is 358 g/mol. The van der Waals surface area contributed by atoms with Crippen molar-refractivity contribution < 1.29 is 14.3 Å². The number of nitrogens with one attached hydrogen (secondary N) is 1. The summed E-state index contributed by atoms with van der Waals surface area (Å²) in [5.74, 6) is 0.130. The molecule has 6 nitrogen and oxygen atoms in total. The van der Waals surface area contributed by atoms with Crippen LogP contribution in [0.4, 0.5) is 14.9 Å². The van der Waals surface area contributed by atoms with Crippen LogP contribution in [0.2, 0.25) is 0 Å². The van der Waals surface area contributed by atoms with Gasteiger partial charge in [-0.2, -0.15) is 5.10 Å². The van der Waals surface area contributed by atoms with Crippen LogP contribution >= 0.6 is 0 Å². The molecule has 7 heteroatoms. The second-order valence-electron chi connectivity index (χ2n) is 7.34. The Kier molecular flexibility index (Phi) is 4.40. The zero-order chi connectivity index (χ0) is 18.3. The molecule has 0 bridgehead atoms. The maximum Gasteiger partial charge on any atom is 0.321 e. The van der Waals surface area contributed by atoms with Crippen LogP contribution in [-0.4, -0.2) is 45.5 Å². The zero-order valence-electron chi connectivity index (χ0n) is 14.7. The number of nitrogens with zero attached hydrogens (tertiary/aromatic N) is 3. The van der Waals surface area contributed by atoms with E-state index in [2.05, 4.69) is 10.4 Å². The van der Waals surface area contributed by atoms with E-state index in [1.807, 2.05) is 13.2 Å². The number of anilines is 1. The molecule has 2 N–H and O–H groups in total. The van der Waals surface area contributed by atoms with Gasteiger partial charge in [-0.1, -0.05) is 0 Å². The summed E-state index contributed by atoms with van der Waals surface area (Å²) in [6.45, 7) is 1.03. The zero-order valence-corrected chi connectivity index (χ0v) is 14.7. The third-order valence-corrected chi connectivity index (χ3v) is 5.38. The quantitative estimate of drug-likeness (QED) is 0.883. The van der Waals surface area contributed by atoms with Gasteiger partial charge in [-0.15, -0.1) is 0 Å². The van der Waals surface area contributed by atoms with Crippen LogP contribution in [0.15, 0.2) is 30.6 Å². The number of carbonyl (C=O) groups excluding carboxylic acids is 1. The van der Waals surface area contributed by atoms with Gasteiger partial charge in [0.25, 0.3) is 0 Å². The molecule has 2 atom stereocenters. The summed E-state index contributed by atoms with van der Waals surface area (Å²) in [6, 6.07) is 4.53. The van der Waals surface area contributed by atoms with Crippen LogP contribution < -0.4 is 5.32 Å². The molecule has 2 amide bonds. The number of likely N-dealkylation sites (tertiary alicyclic amines) is 1. The van der Waals surface area contributed by atoms with Gasteiger partial charge in [-0.25, -0.2) is 9.18 Å². The molecular weight excluding hydrogens is 335 g/mol. The van der Waals surface area contributed by atoms with E-state index in [0.29, 0.717) is 24.3 Å². The van der Waals surface area contributed by atoms with Crippen LogP contribution in [0.3, 0.4) is 0 Å². The van der Waals surface area contributed by atoms with Crippen molar-refractivity contribution in [2.24, 2.45) is 13.0 Å². The number of halogens is 1. The van der Waals surface area contributed by atoms with E-state index in [-0.39, 0.29) is 36.2 Å². The summed E-state index contributed by atoms with van der Waals surface area (Å²) >= 11 is 0. The number of carbonyl (C=O) groups is 1. The Morgan fingerprint density at radius 2 is 2.19 bits per heavy atom. The first-order valence-electron chi connectivity index (χ1n) is 9.00. The molecular formula is C19H23FN4O2. The van der Waals surface area contributed by atoms with Crippen LogP contribution in [-0.2, 0) is 7.05 Å². The van der Waals surface area contributed by atoms with Gasteiger partial charge < -0.3 is 15.3 Å². The number of hydrogen-bond donors (Lipinski definition) is 2. The van der Waals surface area contributed by atoms with Crippen molar-refractivity contribution in [2.75, 3.05) is 25.0 Å². The largest absolute Gasteiger partial charge is 0.396 e. The van der Waals surface area contributed by atoms with Gasteiger partial charge in [0.2, 0.25) is 0 Å². The molecule has 1 aromatic carbocycles. The first-order valence-corrected chi connectivity index (χ1v) is 9.00. The maximum absolute atomic E-state index is 13.9. The van der Waals surface area contributed by atoms with E-state index in [1.165, 1.54) is 6.07 Å². The fourth-order valence-electron chi connectivity index (χ4n) is 3.76. The number of aliphatic hydroxyl groups excluding tert-OH is 1. The van der Waals surface area contributed by atoms with Crippen molar-refractivity contribution in [2.45, 2.75) is 24.7 Å². The minimum absolute atomic E-state index is 0.0137. The number of aryl methyl sites for hydroxylation is 1. The van der Waals surface area contributed by atoms with Gasteiger partial charge in [-0.05, 0) is 48.1 Å². The van der Waals surface area contributed by atoms with E-state index in [9.17, 15) is 14.3 Å². The molecule has 26 heavy (non-hydrogen) atoms. The first-order chi connectivity index (χ1) is 12.5. The summed E-state index contributed by atoms with van der Waals surface area (Å²) in [4.78, 5) is 14.4. The van der Waals surface area contributed by atoms with Crippen LogP contribution in [0.25, 0.3) is 0 Å². The smallest absolute Gasteiger partial charge is 0.321 e. The van der Waals surface area contributed by atoms with Gasteiger partial charge in [0.05, 0.1) is 6.20 Å². The molecule has 0 radical (unpaired) electrons. The molecule has 4 rings (SSSR count). The summed E-state index contributed by atoms with van der Waals surface area (Å²) < 4.78 is 15.6. The topological polar surface area (TPSA) is 70.4 Å². The van der Waals surface area contributed by atoms with E-state index >= 15 is 0 Å². The Morgan fingerprint density at radius 3 is 2.85 bits per heavy atom. The molecule has 2 fully saturated rings. The lowest BCUT2D eigenvalue weighted by Gasteiger charge is -2.17. The number of urea groups is 1. The minimum atomic E-state index is -0.219. The van der Waals surface area contributed by atoms with E-state index in [4.69, 9.17) is 0 Å². The highest BCUT2D eigenvalue weighted by atomic mass is 19.1. The van der Waals surface area contributed by atoms with Gasteiger partial charge in [0, 0.05) is 50.5 Å². The Labute approximate surface area is 151 Å². The lowest BCUT2D eigenvalue weighted by atomic mass is 9.92. The van der Waals surface area contributed by atoms with Gasteiger partial charge in [0.1, 0.15) is 5.82 Å². The SMILES string of the molecule is Cn1cc([C@@H]2CN(C(=O)Nc3ccc(F)c(C4CC4)c3)C[C@H]2CO)cn1. The molecule has 2 heterocycles. The van der Waals surface area contributed by atoms with Crippen molar-refractivity contribution in [3.05, 3.63) is 47.5 Å². The average molecular weight is 358 g/mol. The number of rotatable bonds is 4. The normalized spacial score (nSPS) is 22.7. The average Bonchev–Trinajstić information content (AvgIpc) is 3.23. The number of aromatic nitrogens is 2. The van der Waals surface area contributed by atoms with Gasteiger partial charge >= 0.3 is 6.03 Å². The molecule has 1 aromatic heterocycles. The van der Waals surface area contributed by atoms with E-state index in [0.717, 1.165) is 18.4 Å². The van der Waals surface area contributed by atoms with Crippen molar-refractivity contribution in [3.63, 3.8) is 0 Å². The van der Waals surface area contributed by atoms with Gasteiger partial charge in [0.15, 0.2) is 0 Å². The summed E-state index contributed by atoms with van der Waals surface area (Å²) in [5, 5.41) is 16.8. The molecule has 2 aromatic rings. The molecule has 0 unspecified atom stereocenters. The van der Waals surface area contributed by atoms with Crippen LogP contribution in [0.1, 0.15) is 35.8 Å². The molecule has 138 valence electrons. The summed E-state index contributed by atoms with van der Waals surface area (Å²) in [5.41, 5.74) is 2.33. The number of hydrogen-bond acceptors (Lipinski definition) is 3. The Morgan fingerprint density at radius 1 is 1.38 bits per heavy atom. The second-order valence-corrected chi connectivity index (χ2v) is 7.34. The fraction of sp³-hybridized carbons (Fsp3) is 0.474. The fourth-order valence-corrected chi connectivity index (χ4v) is 3.76. The van der Waals surface area contributed by atoms with Crippen molar-refractivity contribution in [3.8, 4) is 0 Å². The highest BCUT2D eigenvalue weighted by molar-refractivity contribution is 5.89. The molecule has 0 spiro atoms. The summed E-state index contributed by atoms with van der Waals surface area (Å²) in [6.07, 6.45) is 5.73. The van der Waals surface area contributed by atoms with Crippen LogP contribution in [0.5, 0.6) is 0 Å². The lowest BCUT2D eigenvalue weighted by Crippen LogP contribution is -2.33. The van der Waals surface area contributed by atoms with Crippen molar-refractivity contribution in [1.29, 1.82) is 0 Å². The Hall–Kier alpha value is -2.41. The molecule has 1 saturated carbocycles. The number of benzene rings is 1. The molecule has 1 aliphatic carbocycles. The standard InChI is InChI=1S/C19H23FN4O2/c1-23-8-13(7-21-23)17-10-24(9-14(17)11-25)19(26)22-15-4-5-18(20)16(6-15)12-2-3-12/h4-8,12,14,17,25H,2-3,9-11H2,1H3,(H,22,26)/t14-,17-/m0/s1. The van der Waals surface area contributed by atoms with E-state index in [1.54, 1.807) is 27.9 Å². The van der Waals surface area contributed by atoms with Crippen LogP contribution in [0, 0.1) is 11.7 Å². The number of aliphatic hydroxyl groups is 1. The van der Waals surface area contributed by atoms with Crippen molar-refractivity contribution in [1.82, 2.24) is 14.7 Å². The van der Waals surface area contributed by atoms with E-state index < -0.39 is 0 Å². The molecule has 1 aliphatic heterocycles. The second kappa shape index (κ2) is 6.72. The Balaban J connectivity index is 1.46. The highest BCUT2D eigenvalue weighted by Crippen LogP contribution is 2.42. The highest BCUT2D eigenvalue weighted by Gasteiger charge is 2.36. The minimum Gasteiger partial charge on any atom is -0.396 e.